The average Bonchev–Trinajstić information content (AvgIpc) is 3.13. The monoisotopic (exact) mass is 415 g/mol. The summed E-state index contributed by atoms with van der Waals surface area (Å²) in [6.07, 6.45) is 1.87. The van der Waals surface area contributed by atoms with Crippen LogP contribution in [0.2, 0.25) is 0 Å². The highest BCUT2D eigenvalue weighted by atomic mass is 32.2. The molecule has 148 valence electrons. The quantitative estimate of drug-likeness (QED) is 0.622. The van der Waals surface area contributed by atoms with Gasteiger partial charge in [0.05, 0.1) is 23.6 Å². The van der Waals surface area contributed by atoms with Crippen LogP contribution in [0, 0.1) is 11.3 Å². The normalized spacial score (nSPS) is 16.0. The van der Waals surface area contributed by atoms with Gasteiger partial charge in [0, 0.05) is 17.8 Å². The largest absolute Gasteiger partial charge is 0.493 e. The maximum atomic E-state index is 11.6. The van der Waals surface area contributed by atoms with E-state index in [0.717, 1.165) is 33.0 Å². The number of amides is 1. The number of nitrogens with zero attached hydrogens (tertiary/aromatic N) is 2. The predicted octanol–water partition coefficient (Wildman–Crippen LogP) is 5.34. The SMILES string of the molecule is CN=C1NC(=O)SC1=Cc1ccc(Oc2ccc(C#N)c3ccccc23)c(OC)c1. The molecule has 3 aromatic carbocycles. The number of nitriles is 1. The molecule has 1 fully saturated rings. The van der Waals surface area contributed by atoms with Gasteiger partial charge >= 0.3 is 0 Å². The Morgan fingerprint density at radius 3 is 2.57 bits per heavy atom. The Balaban J connectivity index is 1.70. The van der Waals surface area contributed by atoms with Gasteiger partial charge in [0.2, 0.25) is 0 Å². The summed E-state index contributed by atoms with van der Waals surface area (Å²) >= 11 is 1.10. The summed E-state index contributed by atoms with van der Waals surface area (Å²) in [6, 6.07) is 18.9. The molecule has 0 bridgehead atoms. The second-order valence-electron chi connectivity index (χ2n) is 6.38. The second-order valence-corrected chi connectivity index (χ2v) is 7.39. The van der Waals surface area contributed by atoms with Gasteiger partial charge in [-0.1, -0.05) is 30.3 Å². The van der Waals surface area contributed by atoms with E-state index in [2.05, 4.69) is 16.4 Å². The molecule has 30 heavy (non-hydrogen) atoms. The predicted molar refractivity (Wildman–Crippen MR) is 119 cm³/mol. The second kappa shape index (κ2) is 8.31. The molecule has 4 rings (SSSR count). The number of carbonyl (C=O) groups excluding carboxylic acids is 1. The van der Waals surface area contributed by atoms with Crippen molar-refractivity contribution in [2.45, 2.75) is 0 Å². The minimum atomic E-state index is -0.151. The van der Waals surface area contributed by atoms with Gasteiger partial charge in [0.25, 0.3) is 5.24 Å². The molecule has 1 heterocycles. The van der Waals surface area contributed by atoms with Crippen LogP contribution < -0.4 is 14.8 Å². The molecule has 1 aliphatic rings. The number of methoxy groups -OCH3 is 1. The summed E-state index contributed by atoms with van der Waals surface area (Å²) in [6.45, 7) is 0. The fourth-order valence-electron chi connectivity index (χ4n) is 3.18. The molecule has 0 aromatic heterocycles. The van der Waals surface area contributed by atoms with Crippen LogP contribution in [0.25, 0.3) is 16.8 Å². The van der Waals surface area contributed by atoms with Crippen molar-refractivity contribution in [1.82, 2.24) is 5.32 Å². The van der Waals surface area contributed by atoms with Crippen LogP contribution in [0.1, 0.15) is 11.1 Å². The number of nitrogens with one attached hydrogen (secondary N) is 1. The fourth-order valence-corrected chi connectivity index (χ4v) is 3.96. The van der Waals surface area contributed by atoms with Gasteiger partial charge in [-0.2, -0.15) is 5.26 Å². The Kier molecular flexibility index (Phi) is 5.42. The van der Waals surface area contributed by atoms with Crippen molar-refractivity contribution < 1.29 is 14.3 Å². The molecule has 0 aliphatic carbocycles. The Hall–Kier alpha value is -3.76. The lowest BCUT2D eigenvalue weighted by Crippen LogP contribution is -2.18. The number of ether oxygens (including phenoxy) is 2. The fraction of sp³-hybridized carbons (Fsp3) is 0.0870. The topological polar surface area (TPSA) is 83.7 Å². The first kappa shape index (κ1) is 19.6. The molecule has 0 spiro atoms. The van der Waals surface area contributed by atoms with Crippen LogP contribution >= 0.6 is 11.8 Å². The summed E-state index contributed by atoms with van der Waals surface area (Å²) in [5.74, 6) is 2.28. The number of carbonyl (C=O) groups is 1. The Bertz CT molecular complexity index is 1260. The van der Waals surface area contributed by atoms with Crippen LogP contribution in [-0.2, 0) is 0 Å². The van der Waals surface area contributed by atoms with E-state index in [1.807, 2.05) is 48.5 Å². The summed E-state index contributed by atoms with van der Waals surface area (Å²) in [4.78, 5) is 16.4. The highest BCUT2D eigenvalue weighted by molar-refractivity contribution is 8.18. The van der Waals surface area contributed by atoms with E-state index in [1.165, 1.54) is 0 Å². The van der Waals surface area contributed by atoms with Gasteiger partial charge in [-0.15, -0.1) is 0 Å². The zero-order chi connectivity index (χ0) is 21.1. The maximum absolute atomic E-state index is 11.6. The lowest BCUT2D eigenvalue weighted by molar-refractivity contribution is 0.265. The number of amidine groups is 1. The van der Waals surface area contributed by atoms with E-state index in [-0.39, 0.29) is 5.24 Å². The third-order valence-corrected chi connectivity index (χ3v) is 5.41. The van der Waals surface area contributed by atoms with E-state index in [4.69, 9.17) is 9.47 Å². The van der Waals surface area contributed by atoms with E-state index < -0.39 is 0 Å². The highest BCUT2D eigenvalue weighted by Crippen LogP contribution is 2.37. The molecular weight excluding hydrogens is 398 g/mol. The van der Waals surface area contributed by atoms with Crippen LogP contribution in [0.3, 0.4) is 0 Å². The van der Waals surface area contributed by atoms with Gasteiger partial charge in [-0.3, -0.25) is 9.79 Å². The third kappa shape index (κ3) is 3.73. The minimum Gasteiger partial charge on any atom is -0.493 e. The molecule has 1 N–H and O–H groups in total. The molecule has 0 atom stereocenters. The van der Waals surface area contributed by atoms with Crippen molar-refractivity contribution in [3.8, 4) is 23.3 Å². The molecule has 0 saturated carbocycles. The van der Waals surface area contributed by atoms with Crippen molar-refractivity contribution >= 4 is 39.7 Å². The van der Waals surface area contributed by atoms with Gasteiger partial charge in [-0.25, -0.2) is 0 Å². The molecule has 6 nitrogen and oxygen atoms in total. The Morgan fingerprint density at radius 2 is 1.83 bits per heavy atom. The zero-order valence-corrected chi connectivity index (χ0v) is 17.1. The first-order valence-electron chi connectivity index (χ1n) is 9.08. The van der Waals surface area contributed by atoms with Gasteiger partial charge in [0.1, 0.15) is 11.6 Å². The molecule has 0 radical (unpaired) electrons. The van der Waals surface area contributed by atoms with E-state index in [1.54, 1.807) is 26.3 Å². The minimum absolute atomic E-state index is 0.151. The Labute approximate surface area is 177 Å². The number of benzene rings is 3. The number of thioether (sulfide) groups is 1. The summed E-state index contributed by atoms with van der Waals surface area (Å²) in [5.41, 5.74) is 1.45. The standard InChI is InChI=1S/C23H17N3O3S/c1-25-22-21(30-23(27)26-22)12-14-7-9-19(20(11-14)28-2)29-18-10-8-15(13-24)16-5-3-4-6-17(16)18/h3-12H,1-2H3,(H,25,26,27). The van der Waals surface area contributed by atoms with Crippen molar-refractivity contribution in [3.05, 3.63) is 70.6 Å². The number of fused-ring (bicyclic) bond motifs is 1. The maximum Gasteiger partial charge on any atom is 0.289 e. The smallest absolute Gasteiger partial charge is 0.289 e. The average molecular weight is 415 g/mol. The number of hydrogen-bond acceptors (Lipinski definition) is 6. The molecule has 1 amide bonds. The summed E-state index contributed by atoms with van der Waals surface area (Å²) in [7, 11) is 3.21. The van der Waals surface area contributed by atoms with Crippen molar-refractivity contribution in [2.75, 3.05) is 14.2 Å². The van der Waals surface area contributed by atoms with Crippen LogP contribution in [0.4, 0.5) is 4.79 Å². The summed E-state index contributed by atoms with van der Waals surface area (Å²) < 4.78 is 11.7. The van der Waals surface area contributed by atoms with E-state index >= 15 is 0 Å². The lowest BCUT2D eigenvalue weighted by Gasteiger charge is -2.13. The van der Waals surface area contributed by atoms with Gasteiger partial charge in [-0.05, 0) is 47.7 Å². The molecule has 1 aliphatic heterocycles. The van der Waals surface area contributed by atoms with Crippen molar-refractivity contribution in [3.63, 3.8) is 0 Å². The first-order chi connectivity index (χ1) is 14.6. The van der Waals surface area contributed by atoms with Crippen molar-refractivity contribution in [1.29, 1.82) is 5.26 Å². The highest BCUT2D eigenvalue weighted by Gasteiger charge is 2.22. The molecule has 7 heteroatoms. The summed E-state index contributed by atoms with van der Waals surface area (Å²) in [5, 5.41) is 13.6. The number of hydrogen-bond donors (Lipinski definition) is 1. The molecular formula is C23H17N3O3S. The zero-order valence-electron chi connectivity index (χ0n) is 16.3. The lowest BCUT2D eigenvalue weighted by atomic mass is 10.0. The first-order valence-corrected chi connectivity index (χ1v) is 9.90. The van der Waals surface area contributed by atoms with Gasteiger partial charge in [0.15, 0.2) is 11.5 Å². The van der Waals surface area contributed by atoms with Crippen LogP contribution in [0.15, 0.2) is 64.5 Å². The van der Waals surface area contributed by atoms with Crippen LogP contribution in [-0.4, -0.2) is 25.2 Å². The van der Waals surface area contributed by atoms with Crippen LogP contribution in [0.5, 0.6) is 17.2 Å². The van der Waals surface area contributed by atoms with Crippen molar-refractivity contribution in [2.24, 2.45) is 4.99 Å². The number of rotatable bonds is 4. The Morgan fingerprint density at radius 1 is 1.07 bits per heavy atom. The third-order valence-electron chi connectivity index (χ3n) is 4.59. The molecule has 3 aromatic rings. The van der Waals surface area contributed by atoms with E-state index in [0.29, 0.717) is 28.6 Å². The van der Waals surface area contributed by atoms with Gasteiger partial charge < -0.3 is 14.8 Å². The number of aliphatic imine (C=N–C) groups is 1. The molecule has 1 saturated heterocycles. The molecule has 0 unspecified atom stereocenters. The van der Waals surface area contributed by atoms with E-state index in [9.17, 15) is 10.1 Å².